The minimum Gasteiger partial charge on any atom is -0.480 e. The summed E-state index contributed by atoms with van der Waals surface area (Å²) < 4.78 is 90.7. The molecule has 2 aromatic carbocycles. The van der Waals surface area contributed by atoms with E-state index in [1.165, 1.54) is 6.92 Å². The zero-order valence-corrected chi connectivity index (χ0v) is 20.8. The first kappa shape index (κ1) is 29.9. The molecule has 2 atom stereocenters. The molecule has 1 saturated heterocycles. The van der Waals surface area contributed by atoms with Crippen molar-refractivity contribution in [2.45, 2.75) is 31.4 Å². The van der Waals surface area contributed by atoms with Gasteiger partial charge < -0.3 is 14.6 Å². The summed E-state index contributed by atoms with van der Waals surface area (Å²) in [5, 5.41) is 8.66. The predicted octanol–water partition coefficient (Wildman–Crippen LogP) is 5.26. The van der Waals surface area contributed by atoms with Crippen molar-refractivity contribution in [3.63, 3.8) is 0 Å². The molecule has 210 valence electrons. The van der Waals surface area contributed by atoms with Gasteiger partial charge in [-0.25, -0.2) is 4.79 Å². The number of carboxylic acid groups (broad SMARTS) is 1. The van der Waals surface area contributed by atoms with Crippen LogP contribution in [0.25, 0.3) is 0 Å². The van der Waals surface area contributed by atoms with E-state index in [1.807, 2.05) is 30.3 Å². The summed E-state index contributed by atoms with van der Waals surface area (Å²) in [6.07, 6.45) is -10.9. The third-order valence-corrected chi connectivity index (χ3v) is 6.39. The summed E-state index contributed by atoms with van der Waals surface area (Å²) >= 11 is 0. The lowest BCUT2D eigenvalue weighted by Gasteiger charge is -2.39. The molecule has 6 nitrogen and oxygen atoms in total. The van der Waals surface area contributed by atoms with Crippen LogP contribution in [0.2, 0.25) is 0 Å². The van der Waals surface area contributed by atoms with Gasteiger partial charge in [-0.1, -0.05) is 30.3 Å². The van der Waals surface area contributed by atoms with E-state index in [-0.39, 0.29) is 37.5 Å². The molecular weight excluding hydrogens is 518 g/mol. The standard InChI is InChI=1S/C26H30F6N2O4/c1-18(20-13-21(25(27,28)29)15-22(14-20)26(30,31)32)38-16-23(19-5-3-2-4-6-19)34-9-7-33(8-10-34)11-12-37-17-24(35)36/h2-6,13-15,18,23H,7-12,16-17H2,1H3,(H,35,36)/t18-,23+/m1/s1. The van der Waals surface area contributed by atoms with E-state index in [0.717, 1.165) is 5.56 Å². The number of hydrogen-bond acceptors (Lipinski definition) is 5. The van der Waals surface area contributed by atoms with Crippen LogP contribution < -0.4 is 0 Å². The van der Waals surface area contributed by atoms with Crippen LogP contribution in [0.15, 0.2) is 48.5 Å². The van der Waals surface area contributed by atoms with E-state index in [0.29, 0.717) is 44.9 Å². The van der Waals surface area contributed by atoms with Crippen LogP contribution >= 0.6 is 0 Å². The van der Waals surface area contributed by atoms with Gasteiger partial charge in [0, 0.05) is 32.7 Å². The Balaban J connectivity index is 1.69. The second-order valence-electron chi connectivity index (χ2n) is 9.07. The van der Waals surface area contributed by atoms with Crippen molar-refractivity contribution in [1.82, 2.24) is 9.80 Å². The lowest BCUT2D eigenvalue weighted by atomic mass is 10.0. The molecular formula is C26H30F6N2O4. The Labute approximate surface area is 216 Å². The number of ether oxygens (including phenoxy) is 2. The first-order valence-electron chi connectivity index (χ1n) is 12.1. The molecule has 1 heterocycles. The van der Waals surface area contributed by atoms with Crippen molar-refractivity contribution in [2.75, 3.05) is 52.5 Å². The van der Waals surface area contributed by atoms with Crippen LogP contribution in [-0.4, -0.2) is 73.4 Å². The fourth-order valence-electron chi connectivity index (χ4n) is 4.28. The number of hydrogen-bond donors (Lipinski definition) is 1. The van der Waals surface area contributed by atoms with E-state index in [4.69, 9.17) is 14.6 Å². The topological polar surface area (TPSA) is 62.2 Å². The van der Waals surface area contributed by atoms with Crippen LogP contribution in [0.1, 0.15) is 41.3 Å². The number of benzene rings is 2. The van der Waals surface area contributed by atoms with Crippen molar-refractivity contribution < 1.29 is 45.7 Å². The lowest BCUT2D eigenvalue weighted by molar-refractivity contribution is -0.144. The van der Waals surface area contributed by atoms with Gasteiger partial charge in [0.05, 0.1) is 36.5 Å². The quantitative estimate of drug-likeness (QED) is 0.305. The zero-order valence-electron chi connectivity index (χ0n) is 20.8. The van der Waals surface area contributed by atoms with Crippen LogP contribution in [0.4, 0.5) is 26.3 Å². The number of piperazine rings is 1. The molecule has 1 fully saturated rings. The van der Waals surface area contributed by atoms with Gasteiger partial charge in [0.1, 0.15) is 6.61 Å². The summed E-state index contributed by atoms with van der Waals surface area (Å²) in [6.45, 7) is 4.62. The first-order valence-corrected chi connectivity index (χ1v) is 12.1. The largest absolute Gasteiger partial charge is 0.480 e. The van der Waals surface area contributed by atoms with Gasteiger partial charge in [0.2, 0.25) is 0 Å². The van der Waals surface area contributed by atoms with Gasteiger partial charge in [-0.2, -0.15) is 26.3 Å². The third kappa shape index (κ3) is 8.69. The molecule has 0 aromatic heterocycles. The number of carboxylic acids is 1. The van der Waals surface area contributed by atoms with Gasteiger partial charge in [0.15, 0.2) is 0 Å². The van der Waals surface area contributed by atoms with E-state index in [2.05, 4.69) is 9.80 Å². The normalized spacial score (nSPS) is 17.3. The van der Waals surface area contributed by atoms with E-state index >= 15 is 0 Å². The van der Waals surface area contributed by atoms with E-state index in [9.17, 15) is 31.1 Å². The Morgan fingerprint density at radius 3 is 2.03 bits per heavy atom. The zero-order chi connectivity index (χ0) is 27.9. The monoisotopic (exact) mass is 548 g/mol. The maximum Gasteiger partial charge on any atom is 0.416 e. The molecule has 0 radical (unpaired) electrons. The highest BCUT2D eigenvalue weighted by atomic mass is 19.4. The highest BCUT2D eigenvalue weighted by molar-refractivity contribution is 5.67. The average Bonchev–Trinajstić information content (AvgIpc) is 2.86. The third-order valence-electron chi connectivity index (χ3n) is 6.39. The van der Waals surface area contributed by atoms with Gasteiger partial charge in [-0.05, 0) is 36.2 Å². The first-order chi connectivity index (χ1) is 17.8. The van der Waals surface area contributed by atoms with E-state index < -0.39 is 35.6 Å². The number of rotatable bonds is 11. The number of carbonyl (C=O) groups is 1. The number of nitrogens with zero attached hydrogens (tertiary/aromatic N) is 2. The van der Waals surface area contributed by atoms with E-state index in [1.54, 1.807) is 0 Å². The minimum atomic E-state index is -4.93. The van der Waals surface area contributed by atoms with Crippen molar-refractivity contribution in [3.05, 3.63) is 70.8 Å². The number of halogens is 6. The second-order valence-corrected chi connectivity index (χ2v) is 9.07. The fourth-order valence-corrected chi connectivity index (χ4v) is 4.28. The highest BCUT2D eigenvalue weighted by Crippen LogP contribution is 2.38. The van der Waals surface area contributed by atoms with Crippen molar-refractivity contribution in [3.8, 4) is 0 Å². The lowest BCUT2D eigenvalue weighted by Crippen LogP contribution is -2.49. The Kier molecular flexibility index (Phi) is 10.2. The maximum atomic E-state index is 13.3. The summed E-state index contributed by atoms with van der Waals surface area (Å²) in [5.74, 6) is -1.03. The Morgan fingerprint density at radius 2 is 1.50 bits per heavy atom. The van der Waals surface area contributed by atoms with Crippen LogP contribution in [0.5, 0.6) is 0 Å². The molecule has 0 spiro atoms. The van der Waals surface area contributed by atoms with Gasteiger partial charge in [-0.15, -0.1) is 0 Å². The van der Waals surface area contributed by atoms with Crippen molar-refractivity contribution >= 4 is 5.97 Å². The Morgan fingerprint density at radius 1 is 0.921 bits per heavy atom. The molecule has 1 aliphatic heterocycles. The molecule has 0 unspecified atom stereocenters. The molecule has 12 heteroatoms. The smallest absolute Gasteiger partial charge is 0.416 e. The Hall–Kier alpha value is -2.67. The van der Waals surface area contributed by atoms with Gasteiger partial charge in [-0.3, -0.25) is 9.80 Å². The van der Waals surface area contributed by atoms with Crippen molar-refractivity contribution in [2.24, 2.45) is 0 Å². The molecule has 38 heavy (non-hydrogen) atoms. The number of aliphatic carboxylic acids is 1. The maximum absolute atomic E-state index is 13.3. The summed E-state index contributed by atoms with van der Waals surface area (Å²) in [6, 6.07) is 10.6. The molecule has 0 bridgehead atoms. The van der Waals surface area contributed by atoms with Crippen LogP contribution in [0.3, 0.4) is 0 Å². The van der Waals surface area contributed by atoms with Crippen LogP contribution in [-0.2, 0) is 26.6 Å². The minimum absolute atomic E-state index is 0.0600. The molecule has 0 aliphatic carbocycles. The molecule has 0 amide bonds. The fraction of sp³-hybridized carbons (Fsp3) is 0.500. The van der Waals surface area contributed by atoms with Crippen LogP contribution in [0, 0.1) is 0 Å². The summed E-state index contributed by atoms with van der Waals surface area (Å²) in [7, 11) is 0. The molecule has 0 saturated carbocycles. The summed E-state index contributed by atoms with van der Waals surface area (Å²) in [4.78, 5) is 14.9. The average molecular weight is 549 g/mol. The number of alkyl halides is 6. The predicted molar refractivity (Wildman–Crippen MR) is 126 cm³/mol. The molecule has 1 N–H and O–H groups in total. The van der Waals surface area contributed by atoms with Gasteiger partial charge in [0.25, 0.3) is 0 Å². The summed E-state index contributed by atoms with van der Waals surface area (Å²) in [5.41, 5.74) is -2.04. The Bertz CT molecular complexity index is 1010. The second kappa shape index (κ2) is 12.9. The van der Waals surface area contributed by atoms with Gasteiger partial charge >= 0.3 is 18.3 Å². The van der Waals surface area contributed by atoms with Crippen molar-refractivity contribution in [1.29, 1.82) is 0 Å². The SMILES string of the molecule is C[C@@H](OC[C@@H](c1ccccc1)N1CCN(CCOCC(=O)O)CC1)c1cc(C(F)(F)F)cc(C(F)(F)F)c1. The molecule has 3 rings (SSSR count). The highest BCUT2D eigenvalue weighted by Gasteiger charge is 2.37. The molecule has 2 aromatic rings. The molecule has 1 aliphatic rings.